The molecule has 0 aromatic carbocycles. The Labute approximate surface area is 62.7 Å². The lowest BCUT2D eigenvalue weighted by molar-refractivity contribution is -0.163. The van der Waals surface area contributed by atoms with Gasteiger partial charge in [-0.3, -0.25) is 0 Å². The first-order chi connectivity index (χ1) is 5.00. The van der Waals surface area contributed by atoms with Gasteiger partial charge < -0.3 is 10.4 Å². The molecule has 0 atom stereocenters. The molecule has 0 fully saturated rings. The standard InChI is InChI=1S/C6H9F2NO2/c1-2-3-9-4-6(7,8)5(10)11/h2,9H,1,3-4H2,(H,10,11). The number of alkyl halides is 2. The third-order valence-electron chi connectivity index (χ3n) is 0.949. The molecule has 0 spiro atoms. The van der Waals surface area contributed by atoms with Gasteiger partial charge in [-0.25, -0.2) is 4.79 Å². The molecule has 64 valence electrons. The van der Waals surface area contributed by atoms with Crippen LogP contribution in [0.1, 0.15) is 0 Å². The molecule has 0 aliphatic carbocycles. The van der Waals surface area contributed by atoms with Gasteiger partial charge in [0.05, 0.1) is 6.54 Å². The van der Waals surface area contributed by atoms with Gasteiger partial charge in [-0.05, 0) is 0 Å². The van der Waals surface area contributed by atoms with Crippen LogP contribution in [0, 0.1) is 0 Å². The largest absolute Gasteiger partial charge is 0.477 e. The lowest BCUT2D eigenvalue weighted by atomic mass is 10.3. The third-order valence-corrected chi connectivity index (χ3v) is 0.949. The second kappa shape index (κ2) is 4.02. The van der Waals surface area contributed by atoms with Gasteiger partial charge in [0.1, 0.15) is 0 Å². The maximum absolute atomic E-state index is 12.2. The number of hydrogen-bond donors (Lipinski definition) is 2. The Bertz CT molecular complexity index is 159. The van der Waals surface area contributed by atoms with Gasteiger partial charge in [-0.2, -0.15) is 8.78 Å². The molecule has 0 aliphatic heterocycles. The van der Waals surface area contributed by atoms with Crippen molar-refractivity contribution in [2.75, 3.05) is 13.1 Å². The summed E-state index contributed by atoms with van der Waals surface area (Å²) in [6.07, 6.45) is 1.37. The van der Waals surface area contributed by atoms with Crippen LogP contribution in [-0.4, -0.2) is 30.1 Å². The number of aliphatic carboxylic acids is 1. The highest BCUT2D eigenvalue weighted by molar-refractivity contribution is 5.75. The van der Waals surface area contributed by atoms with Gasteiger partial charge in [-0.15, -0.1) is 6.58 Å². The highest BCUT2D eigenvalue weighted by Gasteiger charge is 2.37. The summed E-state index contributed by atoms with van der Waals surface area (Å²) < 4.78 is 24.3. The molecule has 0 amide bonds. The van der Waals surface area contributed by atoms with Crippen molar-refractivity contribution in [2.45, 2.75) is 5.92 Å². The lowest BCUT2D eigenvalue weighted by Crippen LogP contribution is -2.39. The topological polar surface area (TPSA) is 49.3 Å². The van der Waals surface area contributed by atoms with E-state index in [-0.39, 0.29) is 6.54 Å². The lowest BCUT2D eigenvalue weighted by Gasteiger charge is -2.10. The summed E-state index contributed by atoms with van der Waals surface area (Å²) in [5.74, 6) is -5.81. The fourth-order valence-corrected chi connectivity index (χ4v) is 0.407. The number of hydrogen-bond acceptors (Lipinski definition) is 2. The Morgan fingerprint density at radius 1 is 1.73 bits per heavy atom. The summed E-state index contributed by atoms with van der Waals surface area (Å²) in [5.41, 5.74) is 0. The molecule has 11 heavy (non-hydrogen) atoms. The monoisotopic (exact) mass is 165 g/mol. The molecule has 0 aromatic heterocycles. The van der Waals surface area contributed by atoms with Crippen LogP contribution in [-0.2, 0) is 4.79 Å². The van der Waals surface area contributed by atoms with Crippen molar-refractivity contribution in [3.63, 3.8) is 0 Å². The van der Waals surface area contributed by atoms with Gasteiger partial charge >= 0.3 is 11.9 Å². The maximum Gasteiger partial charge on any atom is 0.375 e. The third kappa shape index (κ3) is 3.67. The number of carboxylic acids is 1. The zero-order valence-electron chi connectivity index (χ0n) is 5.81. The van der Waals surface area contributed by atoms with E-state index in [1.807, 2.05) is 0 Å². The van der Waals surface area contributed by atoms with E-state index in [0.29, 0.717) is 0 Å². The van der Waals surface area contributed by atoms with Crippen LogP contribution in [0.15, 0.2) is 12.7 Å². The van der Waals surface area contributed by atoms with Gasteiger partial charge in [0, 0.05) is 6.54 Å². The molecule has 0 heterocycles. The zero-order valence-corrected chi connectivity index (χ0v) is 5.81. The van der Waals surface area contributed by atoms with Crippen LogP contribution in [0.25, 0.3) is 0 Å². The second-order valence-corrected chi connectivity index (χ2v) is 1.93. The molecule has 0 bridgehead atoms. The highest BCUT2D eigenvalue weighted by atomic mass is 19.3. The van der Waals surface area contributed by atoms with Crippen molar-refractivity contribution in [3.8, 4) is 0 Å². The quantitative estimate of drug-likeness (QED) is 0.460. The van der Waals surface area contributed by atoms with Gasteiger partial charge in [0.2, 0.25) is 0 Å². The smallest absolute Gasteiger partial charge is 0.375 e. The predicted molar refractivity (Wildman–Crippen MR) is 35.6 cm³/mol. The first-order valence-electron chi connectivity index (χ1n) is 2.93. The Morgan fingerprint density at radius 2 is 2.27 bits per heavy atom. The van der Waals surface area contributed by atoms with E-state index < -0.39 is 18.4 Å². The Balaban J connectivity index is 3.72. The van der Waals surface area contributed by atoms with Crippen molar-refractivity contribution in [3.05, 3.63) is 12.7 Å². The van der Waals surface area contributed by atoms with Crippen LogP contribution >= 0.6 is 0 Å². The molecular formula is C6H9F2NO2. The molecule has 3 nitrogen and oxygen atoms in total. The van der Waals surface area contributed by atoms with E-state index in [1.165, 1.54) is 6.08 Å². The van der Waals surface area contributed by atoms with Crippen molar-refractivity contribution >= 4 is 5.97 Å². The number of nitrogens with one attached hydrogen (secondary N) is 1. The number of carboxylic acid groups (broad SMARTS) is 1. The van der Waals surface area contributed by atoms with E-state index >= 15 is 0 Å². The van der Waals surface area contributed by atoms with Crippen molar-refractivity contribution in [1.82, 2.24) is 5.32 Å². The summed E-state index contributed by atoms with van der Waals surface area (Å²) in [6.45, 7) is 2.57. The molecule has 0 radical (unpaired) electrons. The predicted octanol–water partition coefficient (Wildman–Crippen LogP) is 0.482. The van der Waals surface area contributed by atoms with Crippen LogP contribution in [0.3, 0.4) is 0 Å². The first-order valence-corrected chi connectivity index (χ1v) is 2.93. The van der Waals surface area contributed by atoms with E-state index in [2.05, 4.69) is 11.9 Å². The molecular weight excluding hydrogens is 156 g/mol. The summed E-state index contributed by atoms with van der Waals surface area (Å²) in [4.78, 5) is 9.80. The maximum atomic E-state index is 12.2. The normalized spacial score (nSPS) is 11.1. The molecule has 0 saturated carbocycles. The average molecular weight is 165 g/mol. The van der Waals surface area contributed by atoms with Gasteiger partial charge in [-0.1, -0.05) is 6.08 Å². The Kier molecular flexibility index (Phi) is 3.67. The van der Waals surface area contributed by atoms with Crippen LogP contribution in [0.4, 0.5) is 8.78 Å². The summed E-state index contributed by atoms with van der Waals surface area (Å²) in [7, 11) is 0. The van der Waals surface area contributed by atoms with Gasteiger partial charge in [0.25, 0.3) is 0 Å². The second-order valence-electron chi connectivity index (χ2n) is 1.93. The Morgan fingerprint density at radius 3 is 2.64 bits per heavy atom. The van der Waals surface area contributed by atoms with E-state index in [1.54, 1.807) is 0 Å². The van der Waals surface area contributed by atoms with E-state index in [0.717, 1.165) is 0 Å². The minimum atomic E-state index is -3.69. The van der Waals surface area contributed by atoms with E-state index in [4.69, 9.17) is 5.11 Å². The van der Waals surface area contributed by atoms with E-state index in [9.17, 15) is 13.6 Å². The summed E-state index contributed by atoms with van der Waals surface area (Å²) in [6, 6.07) is 0. The summed E-state index contributed by atoms with van der Waals surface area (Å²) >= 11 is 0. The molecule has 2 N–H and O–H groups in total. The molecule has 0 rings (SSSR count). The molecule has 0 unspecified atom stereocenters. The molecule has 0 aliphatic rings. The number of carbonyl (C=O) groups is 1. The fourth-order valence-electron chi connectivity index (χ4n) is 0.407. The zero-order chi connectivity index (χ0) is 8.91. The molecule has 0 aromatic rings. The highest BCUT2D eigenvalue weighted by Crippen LogP contribution is 2.10. The average Bonchev–Trinajstić information content (AvgIpc) is 1.88. The number of rotatable bonds is 5. The minimum absolute atomic E-state index is 0.170. The molecule has 5 heteroatoms. The Hall–Kier alpha value is -0.970. The van der Waals surface area contributed by atoms with Crippen LogP contribution in [0.5, 0.6) is 0 Å². The van der Waals surface area contributed by atoms with Crippen molar-refractivity contribution in [2.24, 2.45) is 0 Å². The van der Waals surface area contributed by atoms with Crippen LogP contribution < -0.4 is 5.32 Å². The molecule has 0 saturated heterocycles. The SMILES string of the molecule is C=CCNCC(F)(F)C(=O)O. The fraction of sp³-hybridized carbons (Fsp3) is 0.500. The number of halogens is 2. The minimum Gasteiger partial charge on any atom is -0.477 e. The van der Waals surface area contributed by atoms with Crippen molar-refractivity contribution in [1.29, 1.82) is 0 Å². The van der Waals surface area contributed by atoms with Crippen molar-refractivity contribution < 1.29 is 18.7 Å². The van der Waals surface area contributed by atoms with Gasteiger partial charge in [0.15, 0.2) is 0 Å². The first kappa shape index (κ1) is 10.0. The van der Waals surface area contributed by atoms with Crippen LogP contribution in [0.2, 0.25) is 0 Å². The summed E-state index contributed by atoms with van der Waals surface area (Å²) in [5, 5.41) is 10.1.